The summed E-state index contributed by atoms with van der Waals surface area (Å²) in [7, 11) is 0. The highest BCUT2D eigenvalue weighted by molar-refractivity contribution is 6.33. The molecule has 1 fully saturated rings. The van der Waals surface area contributed by atoms with Gasteiger partial charge in [-0.2, -0.15) is 0 Å². The van der Waals surface area contributed by atoms with Crippen molar-refractivity contribution < 1.29 is 9.59 Å². The van der Waals surface area contributed by atoms with Gasteiger partial charge >= 0.3 is 0 Å². The second-order valence-electron chi connectivity index (χ2n) is 5.65. The lowest BCUT2D eigenvalue weighted by atomic mass is 9.96. The SMILES string of the molecule is Cc1ccc(C(=O)N2CCCC(C(=O)NCCN)C2)c(Cl)c1. The van der Waals surface area contributed by atoms with Crippen molar-refractivity contribution in [3.63, 3.8) is 0 Å². The molecule has 120 valence electrons. The monoisotopic (exact) mass is 323 g/mol. The van der Waals surface area contributed by atoms with Crippen LogP contribution in [0.3, 0.4) is 0 Å². The van der Waals surface area contributed by atoms with Crippen LogP contribution in [0, 0.1) is 12.8 Å². The van der Waals surface area contributed by atoms with Gasteiger partial charge in [-0.15, -0.1) is 0 Å². The zero-order valence-electron chi connectivity index (χ0n) is 12.8. The molecule has 0 spiro atoms. The van der Waals surface area contributed by atoms with Crippen molar-refractivity contribution in [2.45, 2.75) is 19.8 Å². The van der Waals surface area contributed by atoms with Crippen LogP contribution in [0.15, 0.2) is 18.2 Å². The van der Waals surface area contributed by atoms with E-state index in [9.17, 15) is 9.59 Å². The van der Waals surface area contributed by atoms with E-state index in [0.717, 1.165) is 18.4 Å². The van der Waals surface area contributed by atoms with Crippen LogP contribution in [0.1, 0.15) is 28.8 Å². The quantitative estimate of drug-likeness (QED) is 0.883. The van der Waals surface area contributed by atoms with Crippen molar-refractivity contribution in [3.05, 3.63) is 34.3 Å². The van der Waals surface area contributed by atoms with Crippen molar-refractivity contribution >= 4 is 23.4 Å². The minimum absolute atomic E-state index is 0.0297. The van der Waals surface area contributed by atoms with E-state index in [2.05, 4.69) is 5.32 Å². The number of carbonyl (C=O) groups excluding carboxylic acids is 2. The molecule has 0 saturated carbocycles. The van der Waals surface area contributed by atoms with Gasteiger partial charge in [0.2, 0.25) is 5.91 Å². The molecule has 3 N–H and O–H groups in total. The Morgan fingerprint density at radius 3 is 2.91 bits per heavy atom. The first-order valence-corrected chi connectivity index (χ1v) is 7.94. The molecule has 0 aliphatic carbocycles. The van der Waals surface area contributed by atoms with Gasteiger partial charge in [0.1, 0.15) is 0 Å². The molecule has 1 atom stereocenters. The zero-order valence-corrected chi connectivity index (χ0v) is 13.5. The van der Waals surface area contributed by atoms with E-state index in [1.54, 1.807) is 17.0 Å². The maximum Gasteiger partial charge on any atom is 0.255 e. The lowest BCUT2D eigenvalue weighted by molar-refractivity contribution is -0.126. The number of piperidine rings is 1. The molecule has 2 rings (SSSR count). The number of carbonyl (C=O) groups is 2. The number of hydrogen-bond donors (Lipinski definition) is 2. The minimum atomic E-state index is -0.173. The molecule has 2 amide bonds. The number of halogens is 1. The fraction of sp³-hybridized carbons (Fsp3) is 0.500. The van der Waals surface area contributed by atoms with Crippen molar-refractivity contribution in [2.24, 2.45) is 11.7 Å². The minimum Gasteiger partial charge on any atom is -0.355 e. The fourth-order valence-corrected chi connectivity index (χ4v) is 3.00. The number of aryl methyl sites for hydroxylation is 1. The number of amides is 2. The molecule has 1 aromatic carbocycles. The highest BCUT2D eigenvalue weighted by Crippen LogP contribution is 2.23. The molecule has 5 nitrogen and oxygen atoms in total. The van der Waals surface area contributed by atoms with Crippen molar-refractivity contribution in [1.29, 1.82) is 0 Å². The number of likely N-dealkylation sites (tertiary alicyclic amines) is 1. The van der Waals surface area contributed by atoms with Gasteiger partial charge in [0.25, 0.3) is 5.91 Å². The molecule has 0 aromatic heterocycles. The van der Waals surface area contributed by atoms with Crippen LogP contribution in [0.5, 0.6) is 0 Å². The first kappa shape index (κ1) is 16.8. The van der Waals surface area contributed by atoms with Gasteiger partial charge in [0, 0.05) is 26.2 Å². The Balaban J connectivity index is 2.05. The first-order valence-electron chi connectivity index (χ1n) is 7.56. The maximum atomic E-state index is 12.6. The molecule has 22 heavy (non-hydrogen) atoms. The molecule has 0 bridgehead atoms. The highest BCUT2D eigenvalue weighted by atomic mass is 35.5. The summed E-state index contributed by atoms with van der Waals surface area (Å²) >= 11 is 6.17. The maximum absolute atomic E-state index is 12.6. The normalized spacial score (nSPS) is 18.1. The van der Waals surface area contributed by atoms with Crippen molar-refractivity contribution in [2.75, 3.05) is 26.2 Å². The fourth-order valence-electron chi connectivity index (χ4n) is 2.68. The summed E-state index contributed by atoms with van der Waals surface area (Å²) in [5.74, 6) is -0.312. The zero-order chi connectivity index (χ0) is 16.1. The molecular weight excluding hydrogens is 302 g/mol. The molecular formula is C16H22ClN3O2. The molecule has 6 heteroatoms. The number of nitrogens with two attached hydrogens (primary N) is 1. The van der Waals surface area contributed by atoms with Crippen LogP contribution in [-0.4, -0.2) is 42.9 Å². The van der Waals surface area contributed by atoms with Gasteiger partial charge in [-0.25, -0.2) is 0 Å². The van der Waals surface area contributed by atoms with Crippen LogP contribution < -0.4 is 11.1 Å². The predicted octanol–water partition coefficient (Wildman–Crippen LogP) is 1.58. The Morgan fingerprint density at radius 1 is 1.45 bits per heavy atom. The molecule has 1 heterocycles. The van der Waals surface area contributed by atoms with E-state index in [1.165, 1.54) is 0 Å². The van der Waals surface area contributed by atoms with E-state index in [1.807, 2.05) is 13.0 Å². The molecule has 1 aliphatic heterocycles. The summed E-state index contributed by atoms with van der Waals surface area (Å²) in [6, 6.07) is 5.40. The summed E-state index contributed by atoms with van der Waals surface area (Å²) in [6.45, 7) is 3.90. The van der Waals surface area contributed by atoms with E-state index in [4.69, 9.17) is 17.3 Å². The number of hydrogen-bond acceptors (Lipinski definition) is 3. The molecule has 1 aliphatic rings. The van der Waals surface area contributed by atoms with E-state index >= 15 is 0 Å². The topological polar surface area (TPSA) is 75.4 Å². The predicted molar refractivity (Wildman–Crippen MR) is 86.9 cm³/mol. The summed E-state index contributed by atoms with van der Waals surface area (Å²) in [6.07, 6.45) is 1.61. The molecule has 1 saturated heterocycles. The van der Waals surface area contributed by atoms with Gasteiger partial charge < -0.3 is 16.0 Å². The van der Waals surface area contributed by atoms with Crippen LogP contribution in [0.2, 0.25) is 5.02 Å². The number of nitrogens with zero attached hydrogens (tertiary/aromatic N) is 1. The summed E-state index contributed by atoms with van der Waals surface area (Å²) in [5.41, 5.74) is 6.90. The Hall–Kier alpha value is -1.59. The van der Waals surface area contributed by atoms with Crippen LogP contribution in [-0.2, 0) is 4.79 Å². The summed E-state index contributed by atoms with van der Waals surface area (Å²) < 4.78 is 0. The Labute approximate surface area is 135 Å². The lowest BCUT2D eigenvalue weighted by Crippen LogP contribution is -2.46. The van der Waals surface area contributed by atoms with Crippen molar-refractivity contribution in [1.82, 2.24) is 10.2 Å². The highest BCUT2D eigenvalue weighted by Gasteiger charge is 2.29. The van der Waals surface area contributed by atoms with Crippen molar-refractivity contribution in [3.8, 4) is 0 Å². The molecule has 1 aromatic rings. The van der Waals surface area contributed by atoms with Gasteiger partial charge in [0.15, 0.2) is 0 Å². The summed E-state index contributed by atoms with van der Waals surface area (Å²) in [5, 5.41) is 3.25. The van der Waals surface area contributed by atoms with E-state index < -0.39 is 0 Å². The van der Waals surface area contributed by atoms with E-state index in [-0.39, 0.29) is 17.7 Å². The van der Waals surface area contributed by atoms with Gasteiger partial charge in [-0.1, -0.05) is 17.7 Å². The standard InChI is InChI=1S/C16H22ClN3O2/c1-11-4-5-13(14(17)9-11)16(22)20-8-2-3-12(10-20)15(21)19-7-6-18/h4-5,9,12H,2-3,6-8,10,18H2,1H3,(H,19,21). The van der Waals surface area contributed by atoms with E-state index in [0.29, 0.717) is 36.8 Å². The van der Waals surface area contributed by atoms with Crippen LogP contribution in [0.25, 0.3) is 0 Å². The molecule has 0 radical (unpaired) electrons. The lowest BCUT2D eigenvalue weighted by Gasteiger charge is -2.32. The first-order chi connectivity index (χ1) is 10.5. The third-order valence-corrected chi connectivity index (χ3v) is 4.19. The van der Waals surface area contributed by atoms with Gasteiger partial charge in [-0.3, -0.25) is 9.59 Å². The second-order valence-corrected chi connectivity index (χ2v) is 6.06. The third-order valence-electron chi connectivity index (χ3n) is 3.88. The van der Waals surface area contributed by atoms with Gasteiger partial charge in [0.05, 0.1) is 16.5 Å². The largest absolute Gasteiger partial charge is 0.355 e. The number of nitrogens with one attached hydrogen (secondary N) is 1. The van der Waals surface area contributed by atoms with Crippen LogP contribution >= 0.6 is 11.6 Å². The Bertz CT molecular complexity index is 562. The van der Waals surface area contributed by atoms with Crippen LogP contribution in [0.4, 0.5) is 0 Å². The Morgan fingerprint density at radius 2 is 2.23 bits per heavy atom. The number of benzene rings is 1. The molecule has 1 unspecified atom stereocenters. The average molecular weight is 324 g/mol. The average Bonchev–Trinajstić information content (AvgIpc) is 2.52. The van der Waals surface area contributed by atoms with Gasteiger partial charge in [-0.05, 0) is 37.5 Å². The second kappa shape index (κ2) is 7.61. The summed E-state index contributed by atoms with van der Waals surface area (Å²) in [4.78, 5) is 26.4. The smallest absolute Gasteiger partial charge is 0.255 e. The number of rotatable bonds is 4. The Kier molecular flexibility index (Phi) is 5.80. The third kappa shape index (κ3) is 3.99.